The minimum absolute atomic E-state index is 0.0801. The van der Waals surface area contributed by atoms with Crippen molar-refractivity contribution in [2.24, 2.45) is 5.73 Å². The number of unbranched alkanes of at least 4 members (excludes halogenated alkanes) is 1. The van der Waals surface area contributed by atoms with Gasteiger partial charge < -0.3 is 16.2 Å². The molecule has 0 fully saturated rings. The molecule has 0 aliphatic rings. The van der Waals surface area contributed by atoms with Gasteiger partial charge in [-0.3, -0.25) is 4.79 Å². The molecular formula is C15H18F6N2O2. The molecule has 0 aliphatic carbocycles. The van der Waals surface area contributed by atoms with E-state index >= 15 is 0 Å². The molecule has 0 aliphatic heterocycles. The second kappa shape index (κ2) is 8.52. The van der Waals surface area contributed by atoms with Crippen LogP contribution >= 0.6 is 0 Å². The molecule has 4 nitrogen and oxygen atoms in total. The summed E-state index contributed by atoms with van der Waals surface area (Å²) in [6.07, 6.45) is -8.55. The molecule has 0 amide bonds. The highest BCUT2D eigenvalue weighted by Gasteiger charge is 2.36. The van der Waals surface area contributed by atoms with Crippen molar-refractivity contribution in [1.82, 2.24) is 5.32 Å². The number of nitrogens with two attached hydrogens (primary N) is 1. The molecule has 0 heterocycles. The number of carboxylic acids is 1. The lowest BCUT2D eigenvalue weighted by molar-refractivity contribution is -0.143. The molecule has 0 spiro atoms. The van der Waals surface area contributed by atoms with Crippen LogP contribution in [0.5, 0.6) is 0 Å². The molecule has 0 aromatic heterocycles. The van der Waals surface area contributed by atoms with Crippen molar-refractivity contribution in [3.8, 4) is 0 Å². The predicted octanol–water partition coefficient (Wildman–Crippen LogP) is 3.40. The molecule has 25 heavy (non-hydrogen) atoms. The summed E-state index contributed by atoms with van der Waals surface area (Å²) in [6, 6.07) is 0.430. The summed E-state index contributed by atoms with van der Waals surface area (Å²) in [6.45, 7) is 0.141. The van der Waals surface area contributed by atoms with E-state index in [1.54, 1.807) is 0 Å². The Kier molecular flexibility index (Phi) is 7.24. The molecule has 0 saturated heterocycles. The zero-order chi connectivity index (χ0) is 19.3. The molecule has 1 atom stereocenters. The summed E-state index contributed by atoms with van der Waals surface area (Å²) in [7, 11) is 0. The van der Waals surface area contributed by atoms with Gasteiger partial charge in [0.25, 0.3) is 0 Å². The van der Waals surface area contributed by atoms with Gasteiger partial charge in [-0.25, -0.2) is 0 Å². The maximum absolute atomic E-state index is 12.7. The topological polar surface area (TPSA) is 75.3 Å². The van der Waals surface area contributed by atoms with Crippen LogP contribution in [0.25, 0.3) is 0 Å². The largest absolute Gasteiger partial charge is 0.480 e. The van der Waals surface area contributed by atoms with Gasteiger partial charge in [0, 0.05) is 6.54 Å². The number of alkyl halides is 6. The first-order valence-electron chi connectivity index (χ1n) is 7.38. The summed E-state index contributed by atoms with van der Waals surface area (Å²) in [5.74, 6) is -1.13. The smallest absolute Gasteiger partial charge is 0.416 e. The second-order valence-corrected chi connectivity index (χ2v) is 5.53. The Morgan fingerprint density at radius 1 is 1.04 bits per heavy atom. The average molecular weight is 372 g/mol. The van der Waals surface area contributed by atoms with Crippen molar-refractivity contribution in [1.29, 1.82) is 0 Å². The quantitative estimate of drug-likeness (QED) is 0.483. The van der Waals surface area contributed by atoms with E-state index in [9.17, 15) is 31.1 Å². The summed E-state index contributed by atoms with van der Waals surface area (Å²) in [4.78, 5) is 10.5. The van der Waals surface area contributed by atoms with Gasteiger partial charge in [-0.05, 0) is 43.1 Å². The number of halogens is 6. The van der Waals surface area contributed by atoms with Crippen LogP contribution < -0.4 is 11.1 Å². The van der Waals surface area contributed by atoms with E-state index in [2.05, 4.69) is 5.32 Å². The molecular weight excluding hydrogens is 354 g/mol. The summed E-state index contributed by atoms with van der Waals surface area (Å²) >= 11 is 0. The van der Waals surface area contributed by atoms with Crippen molar-refractivity contribution in [3.05, 3.63) is 34.9 Å². The van der Waals surface area contributed by atoms with Crippen LogP contribution in [0.1, 0.15) is 36.0 Å². The third-order valence-electron chi connectivity index (χ3n) is 3.41. The highest BCUT2D eigenvalue weighted by Crippen LogP contribution is 2.36. The maximum atomic E-state index is 12.7. The van der Waals surface area contributed by atoms with Gasteiger partial charge in [-0.15, -0.1) is 0 Å². The van der Waals surface area contributed by atoms with Crippen molar-refractivity contribution in [3.63, 3.8) is 0 Å². The number of carbonyl (C=O) groups is 1. The van der Waals surface area contributed by atoms with Gasteiger partial charge in [0.15, 0.2) is 0 Å². The Balaban J connectivity index is 2.62. The SMILES string of the molecule is NC(CCCCNCc1cc(C(F)(F)F)cc(C(F)(F)F)c1)C(=O)O. The average Bonchev–Trinajstić information content (AvgIpc) is 2.48. The Hall–Kier alpha value is -1.81. The van der Waals surface area contributed by atoms with E-state index in [0.29, 0.717) is 31.5 Å². The van der Waals surface area contributed by atoms with E-state index in [1.807, 2.05) is 0 Å². The minimum atomic E-state index is -4.87. The zero-order valence-electron chi connectivity index (χ0n) is 13.0. The van der Waals surface area contributed by atoms with Gasteiger partial charge in [0.1, 0.15) is 6.04 Å². The summed E-state index contributed by atoms with van der Waals surface area (Å²) < 4.78 is 76.3. The first-order chi connectivity index (χ1) is 11.4. The Morgan fingerprint density at radius 2 is 1.56 bits per heavy atom. The van der Waals surface area contributed by atoms with Crippen LogP contribution in [0.4, 0.5) is 26.3 Å². The van der Waals surface area contributed by atoms with Crippen molar-refractivity contribution in [2.45, 2.75) is 44.2 Å². The molecule has 0 bridgehead atoms. The van der Waals surface area contributed by atoms with Gasteiger partial charge in [-0.2, -0.15) is 26.3 Å². The molecule has 142 valence electrons. The van der Waals surface area contributed by atoms with Crippen LogP contribution in [-0.4, -0.2) is 23.7 Å². The molecule has 1 aromatic rings. The number of benzene rings is 1. The first kappa shape index (κ1) is 21.2. The van der Waals surface area contributed by atoms with E-state index < -0.39 is 35.5 Å². The standard InChI is InChI=1S/C15H18F6N2O2/c16-14(17,18)10-5-9(6-11(7-10)15(19,20)21)8-23-4-2-1-3-12(22)13(24)25/h5-7,12,23H,1-4,8,22H2,(H,24,25). The predicted molar refractivity (Wildman–Crippen MR) is 77.6 cm³/mol. The fourth-order valence-electron chi connectivity index (χ4n) is 2.09. The molecule has 1 aromatic carbocycles. The van der Waals surface area contributed by atoms with Crippen molar-refractivity contribution in [2.75, 3.05) is 6.54 Å². The number of aliphatic carboxylic acids is 1. The number of nitrogens with one attached hydrogen (secondary N) is 1. The van der Waals surface area contributed by atoms with Gasteiger partial charge in [0.05, 0.1) is 11.1 Å². The lowest BCUT2D eigenvalue weighted by Crippen LogP contribution is -2.30. The highest BCUT2D eigenvalue weighted by molar-refractivity contribution is 5.72. The van der Waals surface area contributed by atoms with Crippen LogP contribution in [0.3, 0.4) is 0 Å². The number of hydrogen-bond acceptors (Lipinski definition) is 3. The minimum Gasteiger partial charge on any atom is -0.480 e. The van der Waals surface area contributed by atoms with E-state index in [1.165, 1.54) is 0 Å². The lowest BCUT2D eigenvalue weighted by atomic mass is 10.0. The molecule has 10 heteroatoms. The zero-order valence-corrected chi connectivity index (χ0v) is 13.0. The van der Waals surface area contributed by atoms with Gasteiger partial charge in [0.2, 0.25) is 0 Å². The Labute approximate surface area is 140 Å². The van der Waals surface area contributed by atoms with Gasteiger partial charge >= 0.3 is 18.3 Å². The van der Waals surface area contributed by atoms with E-state index in [4.69, 9.17) is 10.8 Å². The number of rotatable bonds is 8. The third-order valence-corrected chi connectivity index (χ3v) is 3.41. The fourth-order valence-corrected chi connectivity index (χ4v) is 2.09. The van der Waals surface area contributed by atoms with E-state index in [-0.39, 0.29) is 24.6 Å². The highest BCUT2D eigenvalue weighted by atomic mass is 19.4. The third kappa shape index (κ3) is 7.30. The second-order valence-electron chi connectivity index (χ2n) is 5.53. The Morgan fingerprint density at radius 3 is 2.00 bits per heavy atom. The fraction of sp³-hybridized carbons (Fsp3) is 0.533. The number of hydrogen-bond donors (Lipinski definition) is 3. The molecule has 1 unspecified atom stereocenters. The Bertz CT molecular complexity index is 554. The molecule has 0 saturated carbocycles. The molecule has 1 rings (SSSR count). The van der Waals surface area contributed by atoms with Crippen LogP contribution in [0.2, 0.25) is 0 Å². The monoisotopic (exact) mass is 372 g/mol. The normalized spacial score (nSPS) is 13.7. The van der Waals surface area contributed by atoms with Gasteiger partial charge in [-0.1, -0.05) is 6.42 Å². The first-order valence-corrected chi connectivity index (χ1v) is 7.38. The lowest BCUT2D eigenvalue weighted by Gasteiger charge is -2.14. The van der Waals surface area contributed by atoms with Crippen molar-refractivity contribution < 1.29 is 36.2 Å². The summed E-state index contributed by atoms with van der Waals surface area (Å²) in [5, 5.41) is 11.3. The summed E-state index contributed by atoms with van der Waals surface area (Å²) in [5.41, 5.74) is 2.46. The maximum Gasteiger partial charge on any atom is 0.416 e. The number of carboxylic acid groups (broad SMARTS) is 1. The molecule has 0 radical (unpaired) electrons. The molecule has 4 N–H and O–H groups in total. The van der Waals surface area contributed by atoms with Crippen molar-refractivity contribution >= 4 is 5.97 Å². The van der Waals surface area contributed by atoms with Crippen LogP contribution in [0.15, 0.2) is 18.2 Å². The van der Waals surface area contributed by atoms with Crippen LogP contribution in [0, 0.1) is 0 Å². The van der Waals surface area contributed by atoms with Crippen LogP contribution in [-0.2, 0) is 23.7 Å². The van der Waals surface area contributed by atoms with E-state index in [0.717, 1.165) is 0 Å².